The molecule has 0 aliphatic carbocycles. The van der Waals surface area contributed by atoms with Crippen LogP contribution in [0.15, 0.2) is 48.5 Å². The molecule has 1 fully saturated rings. The van der Waals surface area contributed by atoms with E-state index >= 15 is 0 Å². The first kappa shape index (κ1) is 18.8. The first-order valence-corrected chi connectivity index (χ1v) is 9.12. The highest BCUT2D eigenvalue weighted by atomic mass is 16.5. The summed E-state index contributed by atoms with van der Waals surface area (Å²) < 4.78 is 5.12. The Hall–Kier alpha value is -3.02. The number of benzene rings is 2. The van der Waals surface area contributed by atoms with Gasteiger partial charge in [-0.2, -0.15) is 0 Å². The number of aryl methyl sites for hydroxylation is 1. The van der Waals surface area contributed by atoms with Crippen LogP contribution in [0.3, 0.4) is 0 Å². The maximum absolute atomic E-state index is 12.6. The first-order chi connectivity index (χ1) is 13.1. The Kier molecular flexibility index (Phi) is 5.96. The van der Waals surface area contributed by atoms with Crippen LogP contribution in [0.1, 0.15) is 24.0 Å². The van der Waals surface area contributed by atoms with Gasteiger partial charge >= 0.3 is 6.03 Å². The molecule has 2 aromatic rings. The lowest BCUT2D eigenvalue weighted by atomic mass is 10.1. The summed E-state index contributed by atoms with van der Waals surface area (Å²) in [6.45, 7) is 3.06. The number of hydrogen-bond acceptors (Lipinski definition) is 3. The number of hydrogen-bond donors (Lipinski definition) is 2. The van der Waals surface area contributed by atoms with E-state index < -0.39 is 6.04 Å². The van der Waals surface area contributed by atoms with Crippen molar-refractivity contribution in [2.75, 3.05) is 19.0 Å². The Morgan fingerprint density at radius 1 is 1.11 bits per heavy atom. The van der Waals surface area contributed by atoms with Crippen molar-refractivity contribution in [3.05, 3.63) is 59.7 Å². The van der Waals surface area contributed by atoms with Gasteiger partial charge in [0.05, 0.1) is 7.11 Å². The van der Waals surface area contributed by atoms with Gasteiger partial charge in [0.25, 0.3) is 0 Å². The van der Waals surface area contributed by atoms with E-state index in [0.29, 0.717) is 25.2 Å². The maximum Gasteiger partial charge on any atom is 0.322 e. The lowest BCUT2D eigenvalue weighted by Crippen LogP contribution is -2.47. The van der Waals surface area contributed by atoms with Gasteiger partial charge in [-0.15, -0.1) is 0 Å². The second kappa shape index (κ2) is 8.58. The lowest BCUT2D eigenvalue weighted by Gasteiger charge is -2.24. The molecule has 2 N–H and O–H groups in total. The summed E-state index contributed by atoms with van der Waals surface area (Å²) in [6.07, 6.45) is 1.49. The molecule has 0 radical (unpaired) electrons. The zero-order chi connectivity index (χ0) is 19.2. The number of anilines is 1. The molecule has 1 heterocycles. The minimum absolute atomic E-state index is 0.113. The van der Waals surface area contributed by atoms with Crippen LogP contribution in [0.2, 0.25) is 0 Å². The van der Waals surface area contributed by atoms with Crippen molar-refractivity contribution in [1.82, 2.24) is 10.2 Å². The second-order valence-corrected chi connectivity index (χ2v) is 6.71. The number of amides is 3. The van der Waals surface area contributed by atoms with Gasteiger partial charge < -0.3 is 20.3 Å². The van der Waals surface area contributed by atoms with E-state index in [0.717, 1.165) is 17.7 Å². The summed E-state index contributed by atoms with van der Waals surface area (Å²) in [6, 6.07) is 14.5. The molecule has 6 heteroatoms. The molecule has 1 atom stereocenters. The third kappa shape index (κ3) is 4.78. The van der Waals surface area contributed by atoms with Crippen molar-refractivity contribution >= 4 is 17.6 Å². The van der Waals surface area contributed by atoms with Gasteiger partial charge in [-0.25, -0.2) is 4.79 Å². The number of carbonyl (C=O) groups excluding carboxylic acids is 2. The Labute approximate surface area is 159 Å². The molecule has 0 spiro atoms. The summed E-state index contributed by atoms with van der Waals surface area (Å²) in [7, 11) is 1.59. The average Bonchev–Trinajstić information content (AvgIpc) is 3.18. The predicted octanol–water partition coefficient (Wildman–Crippen LogP) is 3.32. The van der Waals surface area contributed by atoms with Crippen molar-refractivity contribution in [2.45, 2.75) is 32.4 Å². The van der Waals surface area contributed by atoms with E-state index in [2.05, 4.69) is 10.6 Å². The van der Waals surface area contributed by atoms with Gasteiger partial charge in [-0.3, -0.25) is 4.79 Å². The molecule has 0 saturated carbocycles. The molecule has 0 unspecified atom stereocenters. The quantitative estimate of drug-likeness (QED) is 0.852. The first-order valence-electron chi connectivity index (χ1n) is 9.12. The number of rotatable bonds is 5. The van der Waals surface area contributed by atoms with Gasteiger partial charge in [0, 0.05) is 18.8 Å². The number of urea groups is 1. The maximum atomic E-state index is 12.6. The van der Waals surface area contributed by atoms with E-state index in [1.807, 2.05) is 31.2 Å². The van der Waals surface area contributed by atoms with Gasteiger partial charge in [-0.1, -0.05) is 29.8 Å². The van der Waals surface area contributed by atoms with E-state index in [4.69, 9.17) is 4.74 Å². The molecule has 6 nitrogen and oxygen atoms in total. The molecule has 1 aliphatic heterocycles. The SMILES string of the molecule is COc1ccc(NC(=O)N2CCC[C@@H]2C(=O)NCc2ccc(C)cc2)cc1. The van der Waals surface area contributed by atoms with Crippen LogP contribution >= 0.6 is 0 Å². The van der Waals surface area contributed by atoms with Crippen LogP contribution < -0.4 is 15.4 Å². The van der Waals surface area contributed by atoms with Crippen LogP contribution in [-0.4, -0.2) is 36.5 Å². The minimum atomic E-state index is -0.436. The van der Waals surface area contributed by atoms with Crippen molar-refractivity contribution in [3.8, 4) is 5.75 Å². The minimum Gasteiger partial charge on any atom is -0.497 e. The van der Waals surface area contributed by atoms with Crippen LogP contribution in [0.5, 0.6) is 5.75 Å². The Morgan fingerprint density at radius 3 is 2.48 bits per heavy atom. The zero-order valence-corrected chi connectivity index (χ0v) is 15.7. The fourth-order valence-electron chi connectivity index (χ4n) is 3.16. The molecule has 0 aromatic heterocycles. The number of likely N-dealkylation sites (tertiary alicyclic amines) is 1. The predicted molar refractivity (Wildman–Crippen MR) is 105 cm³/mol. The summed E-state index contributed by atoms with van der Waals surface area (Å²) in [5.74, 6) is 0.612. The molecule has 2 aromatic carbocycles. The summed E-state index contributed by atoms with van der Waals surface area (Å²) in [5, 5.41) is 5.80. The lowest BCUT2D eigenvalue weighted by molar-refractivity contribution is -0.124. The van der Waals surface area contributed by atoms with Crippen molar-refractivity contribution < 1.29 is 14.3 Å². The Balaban J connectivity index is 1.57. The molecule has 27 heavy (non-hydrogen) atoms. The van der Waals surface area contributed by atoms with E-state index in [-0.39, 0.29) is 11.9 Å². The highest BCUT2D eigenvalue weighted by Gasteiger charge is 2.34. The molecule has 1 saturated heterocycles. The van der Waals surface area contributed by atoms with Gasteiger partial charge in [-0.05, 0) is 49.6 Å². The molecule has 1 aliphatic rings. The number of nitrogens with zero attached hydrogens (tertiary/aromatic N) is 1. The highest BCUT2D eigenvalue weighted by molar-refractivity contribution is 5.94. The molecule has 142 valence electrons. The number of carbonyl (C=O) groups is 2. The van der Waals surface area contributed by atoms with Crippen LogP contribution in [0, 0.1) is 6.92 Å². The molecule has 0 bridgehead atoms. The second-order valence-electron chi connectivity index (χ2n) is 6.71. The van der Waals surface area contributed by atoms with Gasteiger partial charge in [0.1, 0.15) is 11.8 Å². The normalized spacial score (nSPS) is 16.1. The van der Waals surface area contributed by atoms with Gasteiger partial charge in [0.15, 0.2) is 0 Å². The van der Waals surface area contributed by atoms with E-state index in [1.165, 1.54) is 5.56 Å². The molecular weight excluding hydrogens is 342 g/mol. The average molecular weight is 367 g/mol. The zero-order valence-electron chi connectivity index (χ0n) is 15.7. The summed E-state index contributed by atoms with van der Waals surface area (Å²) in [4.78, 5) is 26.8. The van der Waals surface area contributed by atoms with Crippen molar-refractivity contribution in [1.29, 1.82) is 0 Å². The third-order valence-electron chi connectivity index (χ3n) is 4.74. The summed E-state index contributed by atoms with van der Waals surface area (Å²) in [5.41, 5.74) is 2.90. The molecular formula is C21H25N3O3. The Morgan fingerprint density at radius 2 is 1.81 bits per heavy atom. The van der Waals surface area contributed by atoms with Crippen LogP contribution in [0.25, 0.3) is 0 Å². The highest BCUT2D eigenvalue weighted by Crippen LogP contribution is 2.20. The fraction of sp³-hybridized carbons (Fsp3) is 0.333. The Bertz CT molecular complexity index is 787. The van der Waals surface area contributed by atoms with Crippen molar-refractivity contribution in [2.24, 2.45) is 0 Å². The number of ether oxygens (including phenoxy) is 1. The van der Waals surface area contributed by atoms with E-state index in [1.54, 1.807) is 36.3 Å². The standard InChI is InChI=1S/C21H25N3O3/c1-15-5-7-16(8-6-15)14-22-20(25)19-4-3-13-24(19)21(26)23-17-9-11-18(27-2)12-10-17/h5-12,19H,3-4,13-14H2,1-2H3,(H,22,25)(H,23,26)/t19-/m1/s1. The topological polar surface area (TPSA) is 70.7 Å². The van der Waals surface area contributed by atoms with E-state index in [9.17, 15) is 9.59 Å². The monoisotopic (exact) mass is 367 g/mol. The smallest absolute Gasteiger partial charge is 0.322 e. The third-order valence-corrected chi connectivity index (χ3v) is 4.74. The van der Waals surface area contributed by atoms with Crippen LogP contribution in [0.4, 0.5) is 10.5 Å². The number of methoxy groups -OCH3 is 1. The summed E-state index contributed by atoms with van der Waals surface area (Å²) >= 11 is 0. The van der Waals surface area contributed by atoms with Crippen molar-refractivity contribution in [3.63, 3.8) is 0 Å². The molecule has 3 rings (SSSR count). The molecule has 3 amide bonds. The largest absolute Gasteiger partial charge is 0.497 e. The van der Waals surface area contributed by atoms with Gasteiger partial charge in [0.2, 0.25) is 5.91 Å². The number of nitrogens with one attached hydrogen (secondary N) is 2. The fourth-order valence-corrected chi connectivity index (χ4v) is 3.16. The van der Waals surface area contributed by atoms with Crippen LogP contribution in [-0.2, 0) is 11.3 Å².